The molecule has 3 heterocycles. The van der Waals surface area contributed by atoms with Crippen LogP contribution < -0.4 is 10.6 Å². The van der Waals surface area contributed by atoms with Gasteiger partial charge in [-0.25, -0.2) is 9.97 Å². The summed E-state index contributed by atoms with van der Waals surface area (Å²) in [5, 5.41) is 25.4. The maximum Gasteiger partial charge on any atom is 0.303 e. The van der Waals surface area contributed by atoms with E-state index < -0.39 is 54.5 Å². The van der Waals surface area contributed by atoms with E-state index in [1.165, 1.54) is 30.9 Å². The number of esters is 2. The van der Waals surface area contributed by atoms with Gasteiger partial charge in [0.05, 0.1) is 23.1 Å². The summed E-state index contributed by atoms with van der Waals surface area (Å²) in [6.45, 7) is 5.20. The topological polar surface area (TPSA) is 178 Å². The van der Waals surface area contributed by atoms with Crippen LogP contribution in [0.15, 0.2) is 12.5 Å². The second-order valence-corrected chi connectivity index (χ2v) is 8.21. The molecule has 1 aliphatic rings. The summed E-state index contributed by atoms with van der Waals surface area (Å²) in [4.78, 5) is 44.5. The van der Waals surface area contributed by atoms with E-state index in [0.717, 1.165) is 0 Å². The molecule has 3 rings (SSSR count). The van der Waals surface area contributed by atoms with Crippen molar-refractivity contribution in [3.8, 4) is 6.07 Å². The summed E-state index contributed by atoms with van der Waals surface area (Å²) in [5.74, 6) is -1.61. The van der Waals surface area contributed by atoms with Gasteiger partial charge in [-0.3, -0.25) is 14.4 Å². The number of nitrogens with one attached hydrogen (secondary N) is 2. The van der Waals surface area contributed by atoms with Crippen molar-refractivity contribution in [3.05, 3.63) is 18.1 Å². The van der Waals surface area contributed by atoms with Gasteiger partial charge in [-0.05, 0) is 20.9 Å². The van der Waals surface area contributed by atoms with Crippen LogP contribution in [0.5, 0.6) is 0 Å². The van der Waals surface area contributed by atoms with Crippen LogP contribution in [0.1, 0.15) is 39.5 Å². The second-order valence-electron chi connectivity index (χ2n) is 8.21. The fourth-order valence-electron chi connectivity index (χ4n) is 3.57. The average Bonchev–Trinajstić information content (AvgIpc) is 3.31. The Kier molecular flexibility index (Phi) is 7.15. The van der Waals surface area contributed by atoms with Crippen molar-refractivity contribution in [2.24, 2.45) is 0 Å². The molecule has 2 aromatic rings. The molecule has 1 amide bonds. The standard InChI is InChI=1S/C21H26N6O7/c1-10(29)32-15-13(8-28)34-19(16(15)33-11(2)30)27-7-12(6-22)14-17(24-9-25-18(14)27)26-20(31)21(3,4)23-5/h7,9,13,15-16,19,23,28H,8H2,1-5H3,(H,24,25,26,31)/t13-,15?,16+,19-/m1/s1. The number of aromatic nitrogens is 3. The van der Waals surface area contributed by atoms with Crippen molar-refractivity contribution in [2.45, 2.75) is 57.8 Å². The van der Waals surface area contributed by atoms with Gasteiger partial charge in [0.15, 0.2) is 18.4 Å². The number of ether oxygens (including phenoxy) is 3. The first-order valence-electron chi connectivity index (χ1n) is 10.4. The number of hydrogen-bond donors (Lipinski definition) is 3. The van der Waals surface area contributed by atoms with Gasteiger partial charge >= 0.3 is 11.9 Å². The Morgan fingerprint density at radius 2 is 1.88 bits per heavy atom. The molecule has 1 aliphatic heterocycles. The molecule has 0 saturated carbocycles. The predicted octanol–water partition coefficient (Wildman–Crippen LogP) is -0.00742. The first kappa shape index (κ1) is 25.0. The molecule has 182 valence electrons. The number of fused-ring (bicyclic) bond motifs is 1. The molecule has 13 nitrogen and oxygen atoms in total. The van der Waals surface area contributed by atoms with Crippen LogP contribution in [0.25, 0.3) is 11.0 Å². The lowest BCUT2D eigenvalue weighted by molar-refractivity contribution is -0.165. The van der Waals surface area contributed by atoms with Crippen molar-refractivity contribution >= 4 is 34.7 Å². The lowest BCUT2D eigenvalue weighted by Gasteiger charge is -2.24. The maximum atomic E-state index is 12.7. The van der Waals surface area contributed by atoms with Gasteiger partial charge in [0, 0.05) is 20.0 Å². The smallest absolute Gasteiger partial charge is 0.303 e. The van der Waals surface area contributed by atoms with Gasteiger partial charge in [0.2, 0.25) is 5.91 Å². The van der Waals surface area contributed by atoms with Gasteiger partial charge < -0.3 is 34.5 Å². The Bertz CT molecular complexity index is 1150. The first-order valence-corrected chi connectivity index (χ1v) is 10.4. The molecule has 3 N–H and O–H groups in total. The monoisotopic (exact) mass is 474 g/mol. The highest BCUT2D eigenvalue weighted by molar-refractivity contribution is 6.04. The lowest BCUT2D eigenvalue weighted by Crippen LogP contribution is -2.48. The normalized spacial score (nSPS) is 22.3. The van der Waals surface area contributed by atoms with E-state index in [1.807, 2.05) is 6.07 Å². The van der Waals surface area contributed by atoms with E-state index in [0.29, 0.717) is 0 Å². The predicted molar refractivity (Wildman–Crippen MR) is 116 cm³/mol. The van der Waals surface area contributed by atoms with E-state index in [1.54, 1.807) is 20.9 Å². The molecule has 0 aromatic carbocycles. The Morgan fingerprint density at radius 3 is 2.44 bits per heavy atom. The fraction of sp³-hybridized carbons (Fsp3) is 0.524. The zero-order chi connectivity index (χ0) is 25.2. The van der Waals surface area contributed by atoms with Crippen molar-refractivity contribution < 1.29 is 33.7 Å². The minimum atomic E-state index is -1.14. The summed E-state index contributed by atoms with van der Waals surface area (Å²) in [6, 6.07) is 2.04. The number of aliphatic hydroxyl groups excluding tert-OH is 1. The summed E-state index contributed by atoms with van der Waals surface area (Å²) < 4.78 is 18.0. The van der Waals surface area contributed by atoms with Crippen LogP contribution in [0.2, 0.25) is 0 Å². The van der Waals surface area contributed by atoms with Crippen molar-refractivity contribution in [2.75, 3.05) is 19.0 Å². The number of rotatable bonds is 7. The van der Waals surface area contributed by atoms with Crippen LogP contribution in [0, 0.1) is 11.3 Å². The molecule has 0 radical (unpaired) electrons. The van der Waals surface area contributed by atoms with E-state index in [9.17, 15) is 24.8 Å². The van der Waals surface area contributed by atoms with Gasteiger partial charge in [-0.1, -0.05) is 0 Å². The minimum absolute atomic E-state index is 0.103. The number of likely N-dealkylation sites (N-methyl/N-ethyl adjacent to an activating group) is 1. The molecule has 13 heteroatoms. The summed E-state index contributed by atoms with van der Waals surface area (Å²) in [7, 11) is 1.63. The Morgan fingerprint density at radius 1 is 1.24 bits per heavy atom. The minimum Gasteiger partial charge on any atom is -0.456 e. The third-order valence-electron chi connectivity index (χ3n) is 5.50. The molecular weight excluding hydrogens is 448 g/mol. The van der Waals surface area contributed by atoms with E-state index >= 15 is 0 Å². The van der Waals surface area contributed by atoms with Gasteiger partial charge in [-0.2, -0.15) is 5.26 Å². The SMILES string of the molecule is CNC(C)(C)C(=O)Nc1ncnc2c1c(C#N)cn2[C@@H]1O[C@H](CO)C(OC(C)=O)[C@@H]1OC(C)=O. The highest BCUT2D eigenvalue weighted by Crippen LogP contribution is 2.38. The second kappa shape index (κ2) is 9.72. The Hall–Kier alpha value is -3.60. The van der Waals surface area contributed by atoms with E-state index in [4.69, 9.17) is 14.2 Å². The van der Waals surface area contributed by atoms with Crippen molar-refractivity contribution in [3.63, 3.8) is 0 Å². The quantitative estimate of drug-likeness (QED) is 0.460. The number of hydrogen-bond acceptors (Lipinski definition) is 11. The first-order chi connectivity index (χ1) is 16.0. The van der Waals surface area contributed by atoms with E-state index in [-0.39, 0.29) is 22.4 Å². The summed E-state index contributed by atoms with van der Waals surface area (Å²) in [5.41, 5.74) is -0.603. The van der Waals surface area contributed by atoms with Gasteiger partial charge in [-0.15, -0.1) is 0 Å². The maximum absolute atomic E-state index is 12.7. The zero-order valence-corrected chi connectivity index (χ0v) is 19.4. The Labute approximate surface area is 195 Å². The van der Waals surface area contributed by atoms with E-state index in [2.05, 4.69) is 20.6 Å². The molecule has 1 unspecified atom stereocenters. The van der Waals surface area contributed by atoms with Crippen molar-refractivity contribution in [1.29, 1.82) is 5.26 Å². The van der Waals surface area contributed by atoms with Gasteiger partial charge in [0.25, 0.3) is 0 Å². The lowest BCUT2D eigenvalue weighted by atomic mass is 10.1. The molecule has 1 fully saturated rings. The highest BCUT2D eigenvalue weighted by Gasteiger charge is 2.50. The molecule has 0 aliphatic carbocycles. The fourth-order valence-corrected chi connectivity index (χ4v) is 3.57. The number of carbonyl (C=O) groups excluding carboxylic acids is 3. The molecule has 1 saturated heterocycles. The molecule has 4 atom stereocenters. The molecule has 0 bridgehead atoms. The number of nitriles is 1. The highest BCUT2D eigenvalue weighted by atomic mass is 16.6. The number of aliphatic hydroxyl groups is 1. The molecular formula is C21H26N6O7. The van der Waals surface area contributed by atoms with Gasteiger partial charge in [0.1, 0.15) is 30.0 Å². The third-order valence-corrected chi connectivity index (χ3v) is 5.50. The van der Waals surface area contributed by atoms with Crippen molar-refractivity contribution in [1.82, 2.24) is 19.9 Å². The Balaban J connectivity index is 2.12. The zero-order valence-electron chi connectivity index (χ0n) is 19.4. The van der Waals surface area contributed by atoms with Crippen LogP contribution in [-0.2, 0) is 28.6 Å². The number of anilines is 1. The molecule has 34 heavy (non-hydrogen) atoms. The third kappa shape index (κ3) is 4.69. The van der Waals surface area contributed by atoms with Crippen LogP contribution in [0.3, 0.4) is 0 Å². The van der Waals surface area contributed by atoms with Crippen LogP contribution in [-0.4, -0.2) is 75.0 Å². The summed E-state index contributed by atoms with van der Waals surface area (Å²) in [6.07, 6.45) is -1.73. The number of amides is 1. The van der Waals surface area contributed by atoms with Crippen LogP contribution >= 0.6 is 0 Å². The van der Waals surface area contributed by atoms with Crippen LogP contribution in [0.4, 0.5) is 5.82 Å². The summed E-state index contributed by atoms with van der Waals surface area (Å²) >= 11 is 0. The number of carbonyl (C=O) groups is 3. The molecule has 2 aromatic heterocycles. The number of nitrogens with zero attached hydrogens (tertiary/aromatic N) is 4. The largest absolute Gasteiger partial charge is 0.456 e. The molecule has 0 spiro atoms. The average molecular weight is 474 g/mol.